The first-order chi connectivity index (χ1) is 10.2. The Balaban J connectivity index is 1.66. The van der Waals surface area contributed by atoms with E-state index in [9.17, 15) is 4.79 Å². The Morgan fingerprint density at radius 2 is 2.05 bits per heavy atom. The lowest BCUT2D eigenvalue weighted by Gasteiger charge is -2.35. The van der Waals surface area contributed by atoms with Crippen LogP contribution in [0.1, 0.15) is 16.2 Å². The number of rotatable bonds is 2. The summed E-state index contributed by atoms with van der Waals surface area (Å²) >= 11 is 3.40. The number of aryl methyl sites for hydroxylation is 1. The van der Waals surface area contributed by atoms with Gasteiger partial charge in [-0.3, -0.25) is 9.89 Å². The fourth-order valence-electron chi connectivity index (χ4n) is 2.39. The summed E-state index contributed by atoms with van der Waals surface area (Å²) < 4.78 is 0.750. The predicted molar refractivity (Wildman–Crippen MR) is 83.4 cm³/mol. The Hall–Kier alpha value is -1.89. The first kappa shape index (κ1) is 14.1. The van der Waals surface area contributed by atoms with E-state index in [4.69, 9.17) is 0 Å². The second-order valence-electron chi connectivity index (χ2n) is 4.98. The minimum absolute atomic E-state index is 0.0353. The SMILES string of the molecule is Cc1[nH]nc(C(=O)N2CCN(c3ccccn3)CC2)c1Br. The highest BCUT2D eigenvalue weighted by Gasteiger charge is 2.26. The van der Waals surface area contributed by atoms with Crippen molar-refractivity contribution in [3.8, 4) is 0 Å². The number of aromatic nitrogens is 3. The molecule has 0 saturated carbocycles. The fraction of sp³-hybridized carbons (Fsp3) is 0.357. The lowest BCUT2D eigenvalue weighted by molar-refractivity contribution is 0.0739. The Kier molecular flexibility index (Phi) is 3.92. The Labute approximate surface area is 131 Å². The molecule has 21 heavy (non-hydrogen) atoms. The maximum absolute atomic E-state index is 12.5. The molecular weight excluding hydrogens is 334 g/mol. The summed E-state index contributed by atoms with van der Waals surface area (Å²) in [5.41, 5.74) is 1.32. The van der Waals surface area contributed by atoms with Crippen molar-refractivity contribution < 1.29 is 4.79 Å². The summed E-state index contributed by atoms with van der Waals surface area (Å²) in [5, 5.41) is 6.91. The highest BCUT2D eigenvalue weighted by atomic mass is 79.9. The highest BCUT2D eigenvalue weighted by molar-refractivity contribution is 9.10. The monoisotopic (exact) mass is 349 g/mol. The minimum Gasteiger partial charge on any atom is -0.353 e. The minimum atomic E-state index is -0.0353. The van der Waals surface area contributed by atoms with E-state index >= 15 is 0 Å². The van der Waals surface area contributed by atoms with Crippen LogP contribution < -0.4 is 4.90 Å². The molecule has 1 amide bonds. The number of nitrogens with one attached hydrogen (secondary N) is 1. The molecule has 0 aromatic carbocycles. The third-order valence-corrected chi connectivity index (χ3v) is 4.59. The molecule has 0 atom stereocenters. The summed E-state index contributed by atoms with van der Waals surface area (Å²) in [6.07, 6.45) is 1.79. The normalized spacial score (nSPS) is 15.3. The van der Waals surface area contributed by atoms with Crippen LogP contribution in [-0.2, 0) is 0 Å². The van der Waals surface area contributed by atoms with Crippen molar-refractivity contribution in [1.29, 1.82) is 0 Å². The molecule has 1 aliphatic heterocycles. The van der Waals surface area contributed by atoms with E-state index < -0.39 is 0 Å². The number of aromatic amines is 1. The zero-order valence-corrected chi connectivity index (χ0v) is 13.3. The molecule has 6 nitrogen and oxygen atoms in total. The van der Waals surface area contributed by atoms with E-state index in [-0.39, 0.29) is 5.91 Å². The van der Waals surface area contributed by atoms with Crippen LogP contribution in [0.15, 0.2) is 28.9 Å². The number of H-pyrrole nitrogens is 1. The number of amides is 1. The molecule has 2 aromatic rings. The van der Waals surface area contributed by atoms with Crippen LogP contribution in [0, 0.1) is 6.92 Å². The number of pyridine rings is 1. The van der Waals surface area contributed by atoms with Crippen LogP contribution >= 0.6 is 15.9 Å². The highest BCUT2D eigenvalue weighted by Crippen LogP contribution is 2.21. The van der Waals surface area contributed by atoms with Gasteiger partial charge in [0.15, 0.2) is 5.69 Å². The van der Waals surface area contributed by atoms with Gasteiger partial charge < -0.3 is 9.80 Å². The summed E-state index contributed by atoms with van der Waals surface area (Å²) in [5.74, 6) is 0.924. The van der Waals surface area contributed by atoms with Gasteiger partial charge in [0.05, 0.1) is 4.47 Å². The summed E-state index contributed by atoms with van der Waals surface area (Å²) in [6.45, 7) is 4.79. The molecule has 3 heterocycles. The topological polar surface area (TPSA) is 65.1 Å². The Morgan fingerprint density at radius 3 is 2.62 bits per heavy atom. The summed E-state index contributed by atoms with van der Waals surface area (Å²) in [6, 6.07) is 5.87. The van der Waals surface area contributed by atoms with Crippen molar-refractivity contribution in [2.24, 2.45) is 0 Å². The van der Waals surface area contributed by atoms with Crippen molar-refractivity contribution >= 4 is 27.7 Å². The first-order valence-corrected chi connectivity index (χ1v) is 7.62. The van der Waals surface area contributed by atoms with Crippen molar-refractivity contribution in [2.75, 3.05) is 31.1 Å². The van der Waals surface area contributed by atoms with E-state index in [1.165, 1.54) is 0 Å². The molecule has 0 bridgehead atoms. The Bertz CT molecular complexity index is 634. The zero-order valence-electron chi connectivity index (χ0n) is 11.7. The lowest BCUT2D eigenvalue weighted by Crippen LogP contribution is -2.49. The van der Waals surface area contributed by atoms with Gasteiger partial charge in [-0.1, -0.05) is 6.07 Å². The molecule has 1 saturated heterocycles. The maximum atomic E-state index is 12.5. The fourth-order valence-corrected chi connectivity index (χ4v) is 2.73. The predicted octanol–water partition coefficient (Wildman–Crippen LogP) is 1.84. The van der Waals surface area contributed by atoms with Gasteiger partial charge in [0, 0.05) is 38.1 Å². The van der Waals surface area contributed by atoms with Gasteiger partial charge in [-0.2, -0.15) is 5.10 Å². The molecule has 1 aliphatic rings. The van der Waals surface area contributed by atoms with Gasteiger partial charge in [-0.15, -0.1) is 0 Å². The van der Waals surface area contributed by atoms with Gasteiger partial charge >= 0.3 is 0 Å². The van der Waals surface area contributed by atoms with Crippen LogP contribution in [0.2, 0.25) is 0 Å². The molecular formula is C14H16BrN5O. The number of nitrogens with zero attached hydrogens (tertiary/aromatic N) is 4. The van der Waals surface area contributed by atoms with Crippen LogP contribution in [0.25, 0.3) is 0 Å². The van der Waals surface area contributed by atoms with Crippen molar-refractivity contribution in [2.45, 2.75) is 6.92 Å². The molecule has 2 aromatic heterocycles. The van der Waals surface area contributed by atoms with E-state index in [1.54, 1.807) is 6.20 Å². The zero-order chi connectivity index (χ0) is 14.8. The van der Waals surface area contributed by atoms with Crippen molar-refractivity contribution in [3.05, 3.63) is 40.3 Å². The number of anilines is 1. The van der Waals surface area contributed by atoms with Gasteiger partial charge in [0.2, 0.25) is 0 Å². The van der Waals surface area contributed by atoms with Gasteiger partial charge in [-0.05, 0) is 35.0 Å². The average Bonchev–Trinajstić information content (AvgIpc) is 2.87. The van der Waals surface area contributed by atoms with Crippen molar-refractivity contribution in [1.82, 2.24) is 20.1 Å². The van der Waals surface area contributed by atoms with Crippen LogP contribution in [0.5, 0.6) is 0 Å². The second-order valence-corrected chi connectivity index (χ2v) is 5.77. The average molecular weight is 350 g/mol. The largest absolute Gasteiger partial charge is 0.353 e. The molecule has 0 spiro atoms. The molecule has 0 unspecified atom stereocenters. The molecule has 110 valence electrons. The van der Waals surface area contributed by atoms with Crippen LogP contribution in [0.4, 0.5) is 5.82 Å². The smallest absolute Gasteiger partial charge is 0.275 e. The molecule has 1 fully saturated rings. The number of hydrogen-bond donors (Lipinski definition) is 1. The molecule has 7 heteroatoms. The number of halogens is 1. The number of piperazine rings is 1. The van der Waals surface area contributed by atoms with Gasteiger partial charge in [-0.25, -0.2) is 4.98 Å². The third-order valence-electron chi connectivity index (χ3n) is 3.62. The van der Waals surface area contributed by atoms with E-state index in [0.717, 1.165) is 29.1 Å². The first-order valence-electron chi connectivity index (χ1n) is 6.82. The van der Waals surface area contributed by atoms with Crippen LogP contribution in [-0.4, -0.2) is 52.2 Å². The van der Waals surface area contributed by atoms with Gasteiger partial charge in [0.25, 0.3) is 5.91 Å². The Morgan fingerprint density at radius 1 is 1.29 bits per heavy atom. The molecule has 0 aliphatic carbocycles. The number of hydrogen-bond acceptors (Lipinski definition) is 4. The summed E-state index contributed by atoms with van der Waals surface area (Å²) in [4.78, 5) is 20.8. The van der Waals surface area contributed by atoms with Crippen molar-refractivity contribution in [3.63, 3.8) is 0 Å². The number of carbonyl (C=O) groups is 1. The van der Waals surface area contributed by atoms with Crippen LogP contribution in [0.3, 0.4) is 0 Å². The van der Waals surface area contributed by atoms with E-state index in [2.05, 4.69) is 36.0 Å². The molecule has 0 radical (unpaired) electrons. The number of carbonyl (C=O) groups excluding carboxylic acids is 1. The lowest BCUT2D eigenvalue weighted by atomic mass is 10.2. The van der Waals surface area contributed by atoms with Gasteiger partial charge in [0.1, 0.15) is 5.82 Å². The molecule has 3 rings (SSSR count). The standard InChI is InChI=1S/C14H16BrN5O/c1-10-12(15)13(18-17-10)14(21)20-8-6-19(7-9-20)11-4-2-3-5-16-11/h2-5H,6-9H2,1H3,(H,17,18). The quantitative estimate of drug-likeness (QED) is 0.898. The van der Waals surface area contributed by atoms with E-state index in [0.29, 0.717) is 18.8 Å². The summed E-state index contributed by atoms with van der Waals surface area (Å²) in [7, 11) is 0. The van der Waals surface area contributed by atoms with E-state index in [1.807, 2.05) is 30.0 Å². The maximum Gasteiger partial charge on any atom is 0.275 e. The molecule has 1 N–H and O–H groups in total. The third kappa shape index (κ3) is 2.78. The second kappa shape index (κ2) is 5.85.